The first-order valence-electron chi connectivity index (χ1n) is 7.25. The summed E-state index contributed by atoms with van der Waals surface area (Å²) < 4.78 is 1.80. The number of hydrogen-bond acceptors (Lipinski definition) is 3. The molecule has 0 atom stereocenters. The quantitative estimate of drug-likeness (QED) is 0.853. The Morgan fingerprint density at radius 3 is 2.86 bits per heavy atom. The minimum atomic E-state index is -0.977. The SMILES string of the molecule is O=C(O)c1cccc(CNC(=O)c2cnn(CC3CC3)c2)c1. The smallest absolute Gasteiger partial charge is 0.335 e. The first-order chi connectivity index (χ1) is 10.6. The van der Waals surface area contributed by atoms with Crippen molar-refractivity contribution in [2.45, 2.75) is 25.9 Å². The number of benzene rings is 1. The van der Waals surface area contributed by atoms with Gasteiger partial charge in [-0.1, -0.05) is 12.1 Å². The molecule has 1 aliphatic rings. The second-order valence-corrected chi connectivity index (χ2v) is 5.58. The lowest BCUT2D eigenvalue weighted by atomic mass is 10.1. The van der Waals surface area contributed by atoms with E-state index in [0.717, 1.165) is 12.1 Å². The lowest BCUT2D eigenvalue weighted by Gasteiger charge is -2.05. The number of rotatable bonds is 6. The van der Waals surface area contributed by atoms with Gasteiger partial charge in [0.05, 0.1) is 17.3 Å². The molecule has 0 radical (unpaired) electrons. The molecule has 1 aromatic carbocycles. The molecule has 1 heterocycles. The predicted molar refractivity (Wildman–Crippen MR) is 79.5 cm³/mol. The van der Waals surface area contributed by atoms with Crippen LogP contribution in [0.4, 0.5) is 0 Å². The number of carbonyl (C=O) groups is 2. The highest BCUT2D eigenvalue weighted by Gasteiger charge is 2.22. The summed E-state index contributed by atoms with van der Waals surface area (Å²) in [6.45, 7) is 1.15. The molecular formula is C16H17N3O3. The highest BCUT2D eigenvalue weighted by molar-refractivity contribution is 5.93. The largest absolute Gasteiger partial charge is 0.478 e. The summed E-state index contributed by atoms with van der Waals surface area (Å²) >= 11 is 0. The molecule has 6 heteroatoms. The number of hydrogen-bond donors (Lipinski definition) is 2. The minimum Gasteiger partial charge on any atom is -0.478 e. The van der Waals surface area contributed by atoms with Crippen LogP contribution in [0.3, 0.4) is 0 Å². The van der Waals surface area contributed by atoms with E-state index in [0.29, 0.717) is 11.5 Å². The van der Waals surface area contributed by atoms with Crippen molar-refractivity contribution >= 4 is 11.9 Å². The van der Waals surface area contributed by atoms with Gasteiger partial charge in [0.25, 0.3) is 5.91 Å². The Morgan fingerprint density at radius 1 is 1.32 bits per heavy atom. The lowest BCUT2D eigenvalue weighted by molar-refractivity contribution is 0.0696. The number of nitrogens with one attached hydrogen (secondary N) is 1. The Morgan fingerprint density at radius 2 is 2.14 bits per heavy atom. The van der Waals surface area contributed by atoms with Crippen molar-refractivity contribution in [3.63, 3.8) is 0 Å². The van der Waals surface area contributed by atoms with Crippen molar-refractivity contribution < 1.29 is 14.7 Å². The van der Waals surface area contributed by atoms with Crippen molar-refractivity contribution in [1.82, 2.24) is 15.1 Å². The molecular weight excluding hydrogens is 282 g/mol. The third-order valence-corrected chi connectivity index (χ3v) is 3.66. The van der Waals surface area contributed by atoms with Gasteiger partial charge in [-0.2, -0.15) is 5.10 Å². The van der Waals surface area contributed by atoms with Crippen molar-refractivity contribution in [2.75, 3.05) is 0 Å². The Bertz CT molecular complexity index is 704. The molecule has 0 aliphatic heterocycles. The Labute approximate surface area is 127 Å². The summed E-state index contributed by atoms with van der Waals surface area (Å²) in [4.78, 5) is 23.0. The number of carbonyl (C=O) groups excluding carboxylic acids is 1. The molecule has 6 nitrogen and oxygen atoms in total. The summed E-state index contributed by atoms with van der Waals surface area (Å²) in [7, 11) is 0. The highest BCUT2D eigenvalue weighted by atomic mass is 16.4. The number of nitrogens with zero attached hydrogens (tertiary/aromatic N) is 2. The fraction of sp³-hybridized carbons (Fsp3) is 0.312. The van der Waals surface area contributed by atoms with Crippen molar-refractivity contribution in [1.29, 1.82) is 0 Å². The monoisotopic (exact) mass is 299 g/mol. The van der Waals surface area contributed by atoms with Crippen LogP contribution in [-0.2, 0) is 13.1 Å². The van der Waals surface area contributed by atoms with E-state index in [1.54, 1.807) is 35.3 Å². The van der Waals surface area contributed by atoms with Gasteiger partial charge in [0, 0.05) is 19.3 Å². The first kappa shape index (κ1) is 14.3. The van der Waals surface area contributed by atoms with E-state index in [2.05, 4.69) is 10.4 Å². The van der Waals surface area contributed by atoms with E-state index in [1.807, 2.05) is 0 Å². The fourth-order valence-corrected chi connectivity index (χ4v) is 2.24. The molecule has 2 aromatic rings. The topological polar surface area (TPSA) is 84.2 Å². The van der Waals surface area contributed by atoms with Gasteiger partial charge in [-0.15, -0.1) is 0 Å². The third-order valence-electron chi connectivity index (χ3n) is 3.66. The van der Waals surface area contributed by atoms with Crippen LogP contribution < -0.4 is 5.32 Å². The van der Waals surface area contributed by atoms with E-state index in [-0.39, 0.29) is 18.0 Å². The third kappa shape index (κ3) is 3.52. The second kappa shape index (κ2) is 6.01. The lowest BCUT2D eigenvalue weighted by Crippen LogP contribution is -2.22. The molecule has 2 N–H and O–H groups in total. The average Bonchev–Trinajstić information content (AvgIpc) is 3.20. The molecule has 114 valence electrons. The Hall–Kier alpha value is -2.63. The molecule has 1 fully saturated rings. The molecule has 0 saturated heterocycles. The number of amides is 1. The van der Waals surface area contributed by atoms with Gasteiger partial charge in [-0.05, 0) is 36.5 Å². The molecule has 3 rings (SSSR count). The average molecular weight is 299 g/mol. The summed E-state index contributed by atoms with van der Waals surface area (Å²) in [6, 6.07) is 6.52. The van der Waals surface area contributed by atoms with Crippen molar-refractivity contribution in [3.05, 3.63) is 53.3 Å². The van der Waals surface area contributed by atoms with Gasteiger partial charge >= 0.3 is 5.97 Å². The van der Waals surface area contributed by atoms with Gasteiger partial charge in [0.15, 0.2) is 0 Å². The number of aromatic nitrogens is 2. The van der Waals surface area contributed by atoms with E-state index in [9.17, 15) is 9.59 Å². The van der Waals surface area contributed by atoms with Crippen LogP contribution in [0, 0.1) is 5.92 Å². The van der Waals surface area contributed by atoms with Crippen molar-refractivity contribution in [2.24, 2.45) is 5.92 Å². The van der Waals surface area contributed by atoms with Gasteiger partial charge in [-0.25, -0.2) is 4.79 Å². The number of carboxylic acid groups (broad SMARTS) is 1. The van der Waals surface area contributed by atoms with Gasteiger partial charge in [0.2, 0.25) is 0 Å². The standard InChI is InChI=1S/C16H17N3O3/c20-15(14-8-18-19(10-14)9-11-4-5-11)17-7-12-2-1-3-13(6-12)16(21)22/h1-3,6,8,10-11H,4-5,7,9H2,(H,17,20)(H,21,22). The molecule has 0 unspecified atom stereocenters. The zero-order chi connectivity index (χ0) is 15.5. The second-order valence-electron chi connectivity index (χ2n) is 5.58. The summed E-state index contributed by atoms with van der Waals surface area (Å²) in [5.41, 5.74) is 1.48. The molecule has 1 amide bonds. The maximum Gasteiger partial charge on any atom is 0.335 e. The normalized spacial score (nSPS) is 13.8. The molecule has 1 aromatic heterocycles. The zero-order valence-corrected chi connectivity index (χ0v) is 12.0. The van der Waals surface area contributed by atoms with Crippen LogP contribution in [-0.4, -0.2) is 26.8 Å². The van der Waals surface area contributed by atoms with Gasteiger partial charge in [0.1, 0.15) is 0 Å². The van der Waals surface area contributed by atoms with Crippen LogP contribution in [0.25, 0.3) is 0 Å². The minimum absolute atomic E-state index is 0.206. The van der Waals surface area contributed by atoms with Crippen LogP contribution in [0.5, 0.6) is 0 Å². The maximum absolute atomic E-state index is 12.1. The predicted octanol–water partition coefficient (Wildman–Crippen LogP) is 1.92. The van der Waals surface area contributed by atoms with Gasteiger partial charge in [-0.3, -0.25) is 9.48 Å². The Balaban J connectivity index is 1.58. The van der Waals surface area contributed by atoms with Crippen LogP contribution in [0.2, 0.25) is 0 Å². The van der Waals surface area contributed by atoms with Crippen molar-refractivity contribution in [3.8, 4) is 0 Å². The molecule has 0 bridgehead atoms. The number of carboxylic acids is 1. The summed E-state index contributed by atoms with van der Waals surface area (Å²) in [5, 5.41) is 15.9. The van der Waals surface area contributed by atoms with E-state index >= 15 is 0 Å². The summed E-state index contributed by atoms with van der Waals surface area (Å²) in [5.74, 6) is -0.480. The fourth-order valence-electron chi connectivity index (χ4n) is 2.24. The Kier molecular flexibility index (Phi) is 3.91. The molecule has 0 spiro atoms. The zero-order valence-electron chi connectivity index (χ0n) is 12.0. The highest BCUT2D eigenvalue weighted by Crippen LogP contribution is 2.30. The van der Waals surface area contributed by atoms with Crippen LogP contribution in [0.1, 0.15) is 39.1 Å². The molecule has 1 saturated carbocycles. The van der Waals surface area contributed by atoms with E-state index in [1.165, 1.54) is 18.9 Å². The maximum atomic E-state index is 12.1. The van der Waals surface area contributed by atoms with E-state index < -0.39 is 5.97 Å². The molecule has 1 aliphatic carbocycles. The number of aromatic carboxylic acids is 1. The van der Waals surface area contributed by atoms with Crippen LogP contribution >= 0.6 is 0 Å². The van der Waals surface area contributed by atoms with Gasteiger partial charge < -0.3 is 10.4 Å². The van der Waals surface area contributed by atoms with E-state index in [4.69, 9.17) is 5.11 Å². The summed E-state index contributed by atoms with van der Waals surface area (Å²) in [6.07, 6.45) is 5.79. The van der Waals surface area contributed by atoms with Crippen LogP contribution in [0.15, 0.2) is 36.7 Å². The first-order valence-corrected chi connectivity index (χ1v) is 7.25. The molecule has 22 heavy (non-hydrogen) atoms.